The Bertz CT molecular complexity index is 691. The van der Waals surface area contributed by atoms with Crippen LogP contribution in [0.15, 0.2) is 30.5 Å². The van der Waals surface area contributed by atoms with E-state index in [9.17, 15) is 4.79 Å². The van der Waals surface area contributed by atoms with Crippen LogP contribution in [-0.4, -0.2) is 17.7 Å². The lowest BCUT2D eigenvalue weighted by atomic mass is 10.1. The van der Waals surface area contributed by atoms with E-state index in [1.807, 2.05) is 0 Å². The highest BCUT2D eigenvalue weighted by atomic mass is 35.5. The number of ether oxygens (including phenoxy) is 2. The summed E-state index contributed by atoms with van der Waals surface area (Å²) in [6.07, 6.45) is 1.50. The number of pyridine rings is 1. The van der Waals surface area contributed by atoms with Crippen LogP contribution in [0.1, 0.15) is 10.4 Å². The third-order valence-corrected chi connectivity index (χ3v) is 2.99. The zero-order valence-electron chi connectivity index (χ0n) is 10.2. The third kappa shape index (κ3) is 2.33. The lowest BCUT2D eigenvalue weighted by Crippen LogP contribution is -2.14. The van der Waals surface area contributed by atoms with Crippen LogP contribution in [0, 0.1) is 0 Å². The van der Waals surface area contributed by atoms with Crippen LogP contribution in [0.5, 0.6) is 11.5 Å². The van der Waals surface area contributed by atoms with E-state index in [0.29, 0.717) is 28.0 Å². The molecule has 0 radical (unpaired) electrons. The summed E-state index contributed by atoms with van der Waals surface area (Å²) in [4.78, 5) is 16.2. The van der Waals surface area contributed by atoms with Crippen molar-refractivity contribution in [2.45, 2.75) is 0 Å². The molecule has 0 bridgehead atoms. The number of rotatable bonds is 2. The summed E-state index contributed by atoms with van der Waals surface area (Å²) in [6, 6.07) is 6.26. The molecule has 0 spiro atoms. The number of aromatic nitrogens is 1. The second-order valence-corrected chi connectivity index (χ2v) is 4.54. The van der Waals surface area contributed by atoms with Gasteiger partial charge in [-0.3, -0.25) is 4.79 Å². The predicted octanol–water partition coefficient (Wildman–Crippen LogP) is 2.30. The number of nitrogen functional groups attached to an aromatic ring is 1. The standard InChI is InChI=1S/C13H10ClN3O3/c14-7-1-2-16-12(3-7)17-13(18)8-4-10-11(5-9(8)15)20-6-19-10/h1-5H,6,15H2,(H,16,17,18). The number of benzene rings is 1. The second-order valence-electron chi connectivity index (χ2n) is 4.11. The van der Waals surface area contributed by atoms with Crippen LogP contribution in [0.4, 0.5) is 11.5 Å². The summed E-state index contributed by atoms with van der Waals surface area (Å²) in [7, 11) is 0. The summed E-state index contributed by atoms with van der Waals surface area (Å²) >= 11 is 5.83. The number of halogens is 1. The molecule has 0 unspecified atom stereocenters. The molecule has 2 heterocycles. The van der Waals surface area contributed by atoms with Gasteiger partial charge in [-0.1, -0.05) is 11.6 Å². The van der Waals surface area contributed by atoms with Crippen molar-refractivity contribution < 1.29 is 14.3 Å². The van der Waals surface area contributed by atoms with Crippen LogP contribution in [-0.2, 0) is 0 Å². The van der Waals surface area contributed by atoms with Gasteiger partial charge in [-0.05, 0) is 18.2 Å². The maximum atomic E-state index is 12.2. The number of hydrogen-bond donors (Lipinski definition) is 2. The molecule has 1 aromatic heterocycles. The smallest absolute Gasteiger partial charge is 0.259 e. The molecule has 1 amide bonds. The Kier molecular flexibility index (Phi) is 3.08. The molecule has 102 valence electrons. The molecule has 3 rings (SSSR count). The highest BCUT2D eigenvalue weighted by Gasteiger charge is 2.20. The first kappa shape index (κ1) is 12.6. The number of nitrogens with zero attached hydrogens (tertiary/aromatic N) is 1. The van der Waals surface area contributed by atoms with Gasteiger partial charge in [0.1, 0.15) is 5.82 Å². The fourth-order valence-corrected chi connectivity index (χ4v) is 1.97. The highest BCUT2D eigenvalue weighted by Crippen LogP contribution is 2.36. The van der Waals surface area contributed by atoms with E-state index in [0.717, 1.165) is 0 Å². The van der Waals surface area contributed by atoms with E-state index in [2.05, 4.69) is 10.3 Å². The SMILES string of the molecule is Nc1cc2c(cc1C(=O)Nc1cc(Cl)ccn1)OCO2. The molecule has 6 nitrogen and oxygen atoms in total. The van der Waals surface area contributed by atoms with Gasteiger partial charge in [0.05, 0.1) is 5.56 Å². The van der Waals surface area contributed by atoms with Crippen LogP contribution in [0.2, 0.25) is 5.02 Å². The Morgan fingerprint density at radius 1 is 1.30 bits per heavy atom. The summed E-state index contributed by atoms with van der Waals surface area (Å²) in [6.45, 7) is 0.121. The minimum Gasteiger partial charge on any atom is -0.454 e. The fraction of sp³-hybridized carbons (Fsp3) is 0.0769. The quantitative estimate of drug-likeness (QED) is 0.829. The number of hydrogen-bond acceptors (Lipinski definition) is 5. The van der Waals surface area contributed by atoms with E-state index >= 15 is 0 Å². The van der Waals surface area contributed by atoms with Crippen molar-refractivity contribution in [2.24, 2.45) is 0 Å². The van der Waals surface area contributed by atoms with Gasteiger partial charge in [-0.25, -0.2) is 4.98 Å². The van der Waals surface area contributed by atoms with Gasteiger partial charge < -0.3 is 20.5 Å². The van der Waals surface area contributed by atoms with Crippen molar-refractivity contribution in [3.8, 4) is 11.5 Å². The molecule has 20 heavy (non-hydrogen) atoms. The van der Waals surface area contributed by atoms with Gasteiger partial charge >= 0.3 is 0 Å². The van der Waals surface area contributed by atoms with Crippen molar-refractivity contribution in [1.82, 2.24) is 4.98 Å². The molecule has 7 heteroatoms. The van der Waals surface area contributed by atoms with Gasteiger partial charge in [0.15, 0.2) is 11.5 Å². The van der Waals surface area contributed by atoms with Gasteiger partial charge in [0.2, 0.25) is 6.79 Å². The van der Waals surface area contributed by atoms with Crippen molar-refractivity contribution in [2.75, 3.05) is 17.8 Å². The molecule has 3 N–H and O–H groups in total. The van der Waals surface area contributed by atoms with Crippen molar-refractivity contribution in [1.29, 1.82) is 0 Å². The number of nitrogens with one attached hydrogen (secondary N) is 1. The first-order valence-corrected chi connectivity index (χ1v) is 6.13. The maximum absolute atomic E-state index is 12.2. The minimum absolute atomic E-state index is 0.121. The fourth-order valence-electron chi connectivity index (χ4n) is 1.81. The average molecular weight is 292 g/mol. The molecule has 0 fully saturated rings. The van der Waals surface area contributed by atoms with Crippen molar-refractivity contribution >= 4 is 29.0 Å². The Labute approximate surface area is 119 Å². The predicted molar refractivity (Wildman–Crippen MR) is 74.2 cm³/mol. The first-order valence-electron chi connectivity index (χ1n) is 5.75. The molecule has 0 atom stereocenters. The normalized spacial score (nSPS) is 12.2. The third-order valence-electron chi connectivity index (χ3n) is 2.75. The largest absolute Gasteiger partial charge is 0.454 e. The second kappa shape index (κ2) is 4.90. The lowest BCUT2D eigenvalue weighted by molar-refractivity contribution is 0.102. The van der Waals surface area contributed by atoms with E-state index in [1.165, 1.54) is 12.3 Å². The van der Waals surface area contributed by atoms with E-state index in [1.54, 1.807) is 18.2 Å². The summed E-state index contributed by atoms with van der Waals surface area (Å²) in [5, 5.41) is 3.10. The molecule has 1 aliphatic rings. The first-order chi connectivity index (χ1) is 9.63. The summed E-state index contributed by atoms with van der Waals surface area (Å²) < 4.78 is 10.4. The summed E-state index contributed by atoms with van der Waals surface area (Å²) in [5.74, 6) is 0.971. The Morgan fingerprint density at radius 2 is 2.05 bits per heavy atom. The van der Waals surface area contributed by atoms with Crippen LogP contribution >= 0.6 is 11.6 Å². The number of anilines is 2. The zero-order chi connectivity index (χ0) is 14.1. The van der Waals surface area contributed by atoms with Crippen LogP contribution in [0.25, 0.3) is 0 Å². The Hall–Kier alpha value is -2.47. The lowest BCUT2D eigenvalue weighted by Gasteiger charge is -2.08. The van der Waals surface area contributed by atoms with Crippen LogP contribution in [0.3, 0.4) is 0 Å². The molecular formula is C13H10ClN3O3. The number of nitrogens with two attached hydrogens (primary N) is 1. The van der Waals surface area contributed by atoms with E-state index in [4.69, 9.17) is 26.8 Å². The zero-order valence-corrected chi connectivity index (χ0v) is 11.0. The average Bonchev–Trinajstić information content (AvgIpc) is 2.84. The van der Waals surface area contributed by atoms with Crippen molar-refractivity contribution in [3.05, 3.63) is 41.0 Å². The molecule has 1 aliphatic heterocycles. The molecule has 2 aromatic rings. The van der Waals surface area contributed by atoms with E-state index in [-0.39, 0.29) is 12.4 Å². The van der Waals surface area contributed by atoms with Crippen molar-refractivity contribution in [3.63, 3.8) is 0 Å². The molecule has 0 saturated heterocycles. The number of carbonyl (C=O) groups excluding carboxylic acids is 1. The van der Waals surface area contributed by atoms with Crippen LogP contribution < -0.4 is 20.5 Å². The molecule has 1 aromatic carbocycles. The summed E-state index contributed by atoms with van der Waals surface area (Å²) in [5.41, 5.74) is 6.42. The Morgan fingerprint density at radius 3 is 2.80 bits per heavy atom. The van der Waals surface area contributed by atoms with E-state index < -0.39 is 5.91 Å². The van der Waals surface area contributed by atoms with Gasteiger partial charge in [-0.15, -0.1) is 0 Å². The van der Waals surface area contributed by atoms with Gasteiger partial charge in [0.25, 0.3) is 5.91 Å². The number of amides is 1. The number of carbonyl (C=O) groups is 1. The number of fused-ring (bicyclic) bond motifs is 1. The van der Waals surface area contributed by atoms with Gasteiger partial charge in [0, 0.05) is 23.0 Å². The maximum Gasteiger partial charge on any atom is 0.259 e. The molecular weight excluding hydrogens is 282 g/mol. The topological polar surface area (TPSA) is 86.5 Å². The highest BCUT2D eigenvalue weighted by molar-refractivity contribution is 6.30. The van der Waals surface area contributed by atoms with Gasteiger partial charge in [-0.2, -0.15) is 0 Å². The minimum atomic E-state index is -0.393. The molecule has 0 aliphatic carbocycles. The Balaban J connectivity index is 1.87. The molecule has 0 saturated carbocycles. The monoisotopic (exact) mass is 291 g/mol.